The lowest BCUT2D eigenvalue weighted by atomic mass is 9.99. The van der Waals surface area contributed by atoms with Crippen molar-refractivity contribution in [2.45, 2.75) is 25.1 Å². The van der Waals surface area contributed by atoms with E-state index in [1.807, 2.05) is 0 Å². The number of alkyl halides is 3. The number of carbonyl (C=O) groups is 1. The van der Waals surface area contributed by atoms with Crippen LogP contribution in [-0.4, -0.2) is 27.3 Å². The van der Waals surface area contributed by atoms with Crippen molar-refractivity contribution in [2.75, 3.05) is 6.54 Å². The lowest BCUT2D eigenvalue weighted by Crippen LogP contribution is -2.30. The third kappa shape index (κ3) is 4.23. The zero-order chi connectivity index (χ0) is 24.7. The summed E-state index contributed by atoms with van der Waals surface area (Å²) in [5, 5.41) is 11.1. The van der Waals surface area contributed by atoms with Gasteiger partial charge in [-0.2, -0.15) is 13.2 Å². The second-order valence-electron chi connectivity index (χ2n) is 8.24. The van der Waals surface area contributed by atoms with Crippen molar-refractivity contribution >= 4 is 22.7 Å². The van der Waals surface area contributed by atoms with Gasteiger partial charge in [0.15, 0.2) is 5.58 Å². The van der Waals surface area contributed by atoms with Crippen LogP contribution >= 0.6 is 0 Å². The Hall–Kier alpha value is -4.21. The minimum absolute atomic E-state index is 0.0368. The summed E-state index contributed by atoms with van der Waals surface area (Å²) in [7, 11) is 0. The van der Waals surface area contributed by atoms with Crippen LogP contribution in [0.4, 0.5) is 18.9 Å². The van der Waals surface area contributed by atoms with Crippen LogP contribution in [0.15, 0.2) is 71.1 Å². The van der Waals surface area contributed by atoms with Crippen molar-refractivity contribution < 1.29 is 27.3 Å². The number of likely N-dealkylation sites (tertiary alicyclic amines) is 1. The Bertz CT molecular complexity index is 1450. The normalized spacial score (nSPS) is 16.1. The Morgan fingerprint density at radius 2 is 1.89 bits per heavy atom. The largest absolute Gasteiger partial charge is 0.438 e. The molecule has 0 saturated carbocycles. The third-order valence-electron chi connectivity index (χ3n) is 6.05. The number of benzene rings is 3. The average Bonchev–Trinajstić information content (AvgIpc) is 3.49. The van der Waals surface area contributed by atoms with E-state index in [0.29, 0.717) is 36.0 Å². The quantitative estimate of drug-likeness (QED) is 0.249. The van der Waals surface area contributed by atoms with Gasteiger partial charge in [-0.25, -0.2) is 4.98 Å². The molecule has 0 aliphatic carbocycles. The monoisotopic (exact) mass is 481 g/mol. The van der Waals surface area contributed by atoms with E-state index in [1.54, 1.807) is 23.1 Å². The summed E-state index contributed by atoms with van der Waals surface area (Å²) in [6.45, 7) is 0.426. The van der Waals surface area contributed by atoms with Gasteiger partial charge in [-0.3, -0.25) is 14.9 Å². The van der Waals surface area contributed by atoms with Crippen LogP contribution in [0.25, 0.3) is 22.2 Å². The van der Waals surface area contributed by atoms with E-state index in [-0.39, 0.29) is 28.6 Å². The maximum Gasteiger partial charge on any atom is 0.417 e. The SMILES string of the molecule is O=C(c1cccc([N+](=O)[O-])c1)N1CCC[C@@H]1c1nc2cc(-c3ccccc3C(F)(F)F)ccc2o1. The standard InChI is InChI=1S/C25H18F3N3O4/c26-25(27,28)19-8-2-1-7-18(19)15-10-11-22-20(14-15)29-23(35-22)21-9-4-12-30(21)24(32)16-5-3-6-17(13-16)31(33)34/h1-3,5-8,10-11,13-14,21H,4,9,12H2/t21-/m1/s1. The van der Waals surface area contributed by atoms with Gasteiger partial charge in [0.25, 0.3) is 11.6 Å². The van der Waals surface area contributed by atoms with Gasteiger partial charge in [-0.05, 0) is 48.2 Å². The zero-order valence-electron chi connectivity index (χ0n) is 18.2. The number of fused-ring (bicyclic) bond motifs is 1. The molecular formula is C25H18F3N3O4. The van der Waals surface area contributed by atoms with E-state index in [0.717, 1.165) is 6.07 Å². The van der Waals surface area contributed by atoms with Gasteiger partial charge in [-0.15, -0.1) is 0 Å². The fourth-order valence-corrected chi connectivity index (χ4v) is 4.42. The molecule has 35 heavy (non-hydrogen) atoms. The molecule has 3 aromatic carbocycles. The summed E-state index contributed by atoms with van der Waals surface area (Å²) in [5.41, 5.74) is 0.420. The smallest absolute Gasteiger partial charge is 0.417 e. The molecule has 1 saturated heterocycles. The summed E-state index contributed by atoms with van der Waals surface area (Å²) in [6, 6.07) is 15.0. The molecule has 1 amide bonds. The number of rotatable bonds is 4. The van der Waals surface area contributed by atoms with Gasteiger partial charge in [0.2, 0.25) is 5.89 Å². The third-order valence-corrected chi connectivity index (χ3v) is 6.05. The summed E-state index contributed by atoms with van der Waals surface area (Å²) >= 11 is 0. The highest BCUT2D eigenvalue weighted by Crippen LogP contribution is 2.39. The molecule has 0 N–H and O–H groups in total. The predicted molar refractivity (Wildman–Crippen MR) is 121 cm³/mol. The number of hydrogen-bond acceptors (Lipinski definition) is 5. The highest BCUT2D eigenvalue weighted by molar-refractivity contribution is 5.95. The number of nitrogens with zero attached hydrogens (tertiary/aromatic N) is 3. The van der Waals surface area contributed by atoms with Crippen molar-refractivity contribution in [1.82, 2.24) is 9.88 Å². The molecule has 5 rings (SSSR count). The summed E-state index contributed by atoms with van der Waals surface area (Å²) in [6.07, 6.45) is -3.23. The highest BCUT2D eigenvalue weighted by Gasteiger charge is 2.35. The minimum Gasteiger partial charge on any atom is -0.438 e. The number of amides is 1. The summed E-state index contributed by atoms with van der Waals surface area (Å²) in [5.74, 6) is -0.101. The van der Waals surface area contributed by atoms with Gasteiger partial charge in [0, 0.05) is 24.2 Å². The number of nitro benzene ring substituents is 1. The Balaban J connectivity index is 1.47. The van der Waals surface area contributed by atoms with Crippen LogP contribution in [-0.2, 0) is 6.18 Å². The predicted octanol–water partition coefficient (Wildman–Crippen LogP) is 6.40. The Morgan fingerprint density at radius 1 is 1.09 bits per heavy atom. The van der Waals surface area contributed by atoms with E-state index < -0.39 is 22.7 Å². The Kier molecular flexibility index (Phi) is 5.50. The van der Waals surface area contributed by atoms with Crippen LogP contribution in [0.1, 0.15) is 40.7 Å². The molecule has 0 unspecified atom stereocenters. The number of halogens is 3. The van der Waals surface area contributed by atoms with Crippen molar-refractivity contribution in [3.05, 3.63) is 93.9 Å². The second-order valence-corrected chi connectivity index (χ2v) is 8.24. The summed E-state index contributed by atoms with van der Waals surface area (Å²) < 4.78 is 46.3. The fraction of sp³-hybridized carbons (Fsp3) is 0.200. The van der Waals surface area contributed by atoms with Crippen molar-refractivity contribution in [3.8, 4) is 11.1 Å². The summed E-state index contributed by atoms with van der Waals surface area (Å²) in [4.78, 5) is 29.7. The number of nitro groups is 1. The molecular weight excluding hydrogens is 463 g/mol. The van der Waals surface area contributed by atoms with E-state index in [2.05, 4.69) is 4.98 Å². The molecule has 4 aromatic rings. The van der Waals surface area contributed by atoms with Crippen molar-refractivity contribution in [3.63, 3.8) is 0 Å². The van der Waals surface area contributed by atoms with E-state index in [9.17, 15) is 28.1 Å². The molecule has 1 atom stereocenters. The second kappa shape index (κ2) is 8.53. The van der Waals surface area contributed by atoms with E-state index >= 15 is 0 Å². The number of oxazole rings is 1. The van der Waals surface area contributed by atoms with Crippen LogP contribution in [0.2, 0.25) is 0 Å². The molecule has 178 valence electrons. The maximum atomic E-state index is 13.5. The first-order valence-electron chi connectivity index (χ1n) is 10.8. The van der Waals surface area contributed by atoms with Crippen LogP contribution in [0, 0.1) is 10.1 Å². The molecule has 1 aliphatic heterocycles. The molecule has 1 aliphatic rings. The lowest BCUT2D eigenvalue weighted by Gasteiger charge is -2.22. The first-order valence-corrected chi connectivity index (χ1v) is 10.8. The fourth-order valence-electron chi connectivity index (χ4n) is 4.42. The first-order chi connectivity index (χ1) is 16.7. The molecule has 10 heteroatoms. The number of aromatic nitrogens is 1. The molecule has 1 fully saturated rings. The molecule has 1 aromatic heterocycles. The minimum atomic E-state index is -4.50. The lowest BCUT2D eigenvalue weighted by molar-refractivity contribution is -0.384. The van der Waals surface area contributed by atoms with Gasteiger partial charge in [0.1, 0.15) is 11.6 Å². The van der Waals surface area contributed by atoms with Gasteiger partial charge < -0.3 is 9.32 Å². The van der Waals surface area contributed by atoms with Crippen LogP contribution in [0.3, 0.4) is 0 Å². The topological polar surface area (TPSA) is 89.5 Å². The molecule has 0 bridgehead atoms. The zero-order valence-corrected chi connectivity index (χ0v) is 18.2. The molecule has 0 spiro atoms. The van der Waals surface area contributed by atoms with E-state index in [4.69, 9.17) is 4.42 Å². The Labute approximate surface area is 196 Å². The van der Waals surface area contributed by atoms with Crippen LogP contribution < -0.4 is 0 Å². The van der Waals surface area contributed by atoms with Gasteiger partial charge in [0.05, 0.1) is 10.5 Å². The Morgan fingerprint density at radius 3 is 2.66 bits per heavy atom. The highest BCUT2D eigenvalue weighted by atomic mass is 19.4. The number of non-ortho nitro benzene ring substituents is 1. The number of hydrogen-bond donors (Lipinski definition) is 0. The van der Waals surface area contributed by atoms with E-state index in [1.165, 1.54) is 42.5 Å². The molecule has 0 radical (unpaired) electrons. The van der Waals surface area contributed by atoms with Gasteiger partial charge >= 0.3 is 6.18 Å². The average molecular weight is 481 g/mol. The number of carbonyl (C=O) groups excluding carboxylic acids is 1. The molecule has 7 nitrogen and oxygen atoms in total. The maximum absolute atomic E-state index is 13.5. The van der Waals surface area contributed by atoms with Crippen molar-refractivity contribution in [1.29, 1.82) is 0 Å². The van der Waals surface area contributed by atoms with Gasteiger partial charge in [-0.1, -0.05) is 30.3 Å². The molecule has 2 heterocycles. The van der Waals surface area contributed by atoms with Crippen LogP contribution in [0.5, 0.6) is 0 Å². The van der Waals surface area contributed by atoms with Crippen molar-refractivity contribution in [2.24, 2.45) is 0 Å². The first kappa shape index (κ1) is 22.6.